The van der Waals surface area contributed by atoms with Gasteiger partial charge in [0.2, 0.25) is 0 Å². The van der Waals surface area contributed by atoms with Crippen LogP contribution in [0.25, 0.3) is 0 Å². The van der Waals surface area contributed by atoms with Crippen LogP contribution in [0.1, 0.15) is 13.8 Å². The first-order chi connectivity index (χ1) is 5.31. The summed E-state index contributed by atoms with van der Waals surface area (Å²) in [5.41, 5.74) is 0. The SMILES string of the molecule is CCSCCOC(C)CNC. The molecule has 0 fully saturated rings. The van der Waals surface area contributed by atoms with Gasteiger partial charge < -0.3 is 10.1 Å². The van der Waals surface area contributed by atoms with Crippen molar-refractivity contribution >= 4 is 11.8 Å². The van der Waals surface area contributed by atoms with Gasteiger partial charge in [0.1, 0.15) is 0 Å². The van der Waals surface area contributed by atoms with Crippen molar-refractivity contribution in [3.8, 4) is 0 Å². The molecule has 0 radical (unpaired) electrons. The van der Waals surface area contributed by atoms with Crippen LogP contribution < -0.4 is 5.32 Å². The van der Waals surface area contributed by atoms with E-state index < -0.39 is 0 Å². The Bertz CT molecular complexity index is 80.5. The third kappa shape index (κ3) is 8.17. The molecule has 2 nitrogen and oxygen atoms in total. The van der Waals surface area contributed by atoms with Crippen molar-refractivity contribution in [1.82, 2.24) is 5.32 Å². The zero-order valence-electron chi connectivity index (χ0n) is 7.72. The van der Waals surface area contributed by atoms with E-state index in [0.29, 0.717) is 6.10 Å². The summed E-state index contributed by atoms with van der Waals surface area (Å²) in [6, 6.07) is 0. The molecule has 0 heterocycles. The van der Waals surface area contributed by atoms with Gasteiger partial charge in [0.15, 0.2) is 0 Å². The fourth-order valence-corrected chi connectivity index (χ4v) is 1.30. The predicted octanol–water partition coefficient (Wildman–Crippen LogP) is 1.36. The third-order valence-electron chi connectivity index (χ3n) is 1.33. The molecule has 0 amide bonds. The molecule has 0 bridgehead atoms. The summed E-state index contributed by atoms with van der Waals surface area (Å²) in [7, 11) is 1.95. The van der Waals surface area contributed by atoms with E-state index in [9.17, 15) is 0 Å². The summed E-state index contributed by atoms with van der Waals surface area (Å²) in [6.45, 7) is 6.08. The quantitative estimate of drug-likeness (QED) is 0.593. The second-order valence-corrected chi connectivity index (χ2v) is 3.83. The Morgan fingerprint density at radius 1 is 1.55 bits per heavy atom. The van der Waals surface area contributed by atoms with Crippen LogP contribution in [0.5, 0.6) is 0 Å². The third-order valence-corrected chi connectivity index (χ3v) is 2.19. The first-order valence-electron chi connectivity index (χ1n) is 4.15. The molecule has 11 heavy (non-hydrogen) atoms. The van der Waals surface area contributed by atoms with E-state index in [1.54, 1.807) is 0 Å². The van der Waals surface area contributed by atoms with Gasteiger partial charge in [-0.3, -0.25) is 0 Å². The van der Waals surface area contributed by atoms with Crippen molar-refractivity contribution in [3.05, 3.63) is 0 Å². The van der Waals surface area contributed by atoms with Gasteiger partial charge in [-0.25, -0.2) is 0 Å². The topological polar surface area (TPSA) is 21.3 Å². The number of thioether (sulfide) groups is 1. The Labute approximate surface area is 74.1 Å². The average molecular weight is 177 g/mol. The van der Waals surface area contributed by atoms with E-state index in [1.807, 2.05) is 18.8 Å². The molecule has 68 valence electrons. The van der Waals surface area contributed by atoms with Crippen molar-refractivity contribution in [1.29, 1.82) is 0 Å². The highest BCUT2D eigenvalue weighted by molar-refractivity contribution is 7.99. The van der Waals surface area contributed by atoms with Crippen LogP contribution in [0.3, 0.4) is 0 Å². The van der Waals surface area contributed by atoms with E-state index in [-0.39, 0.29) is 0 Å². The number of likely N-dealkylation sites (N-methyl/N-ethyl adjacent to an activating group) is 1. The van der Waals surface area contributed by atoms with Crippen LogP contribution in [0.4, 0.5) is 0 Å². The maximum atomic E-state index is 5.50. The Morgan fingerprint density at radius 3 is 2.82 bits per heavy atom. The molecule has 1 unspecified atom stereocenters. The number of ether oxygens (including phenoxy) is 1. The van der Waals surface area contributed by atoms with Gasteiger partial charge in [0.25, 0.3) is 0 Å². The number of rotatable bonds is 7. The second kappa shape index (κ2) is 8.37. The maximum absolute atomic E-state index is 5.50. The second-order valence-electron chi connectivity index (χ2n) is 2.44. The summed E-state index contributed by atoms with van der Waals surface area (Å²) in [5, 5.41) is 3.08. The fraction of sp³-hybridized carbons (Fsp3) is 1.00. The van der Waals surface area contributed by atoms with Crippen LogP contribution in [0, 0.1) is 0 Å². The highest BCUT2D eigenvalue weighted by Gasteiger charge is 1.98. The molecule has 0 saturated heterocycles. The molecular weight excluding hydrogens is 158 g/mol. The molecule has 0 saturated carbocycles. The van der Waals surface area contributed by atoms with Gasteiger partial charge in [-0.2, -0.15) is 11.8 Å². The van der Waals surface area contributed by atoms with E-state index in [0.717, 1.165) is 18.9 Å². The Morgan fingerprint density at radius 2 is 2.27 bits per heavy atom. The monoisotopic (exact) mass is 177 g/mol. The highest BCUT2D eigenvalue weighted by Crippen LogP contribution is 1.98. The molecular formula is C8H19NOS. The zero-order chi connectivity index (χ0) is 8.53. The van der Waals surface area contributed by atoms with Crippen LogP contribution in [0.15, 0.2) is 0 Å². The van der Waals surface area contributed by atoms with Gasteiger partial charge in [0.05, 0.1) is 12.7 Å². The van der Waals surface area contributed by atoms with Gasteiger partial charge in [-0.1, -0.05) is 6.92 Å². The predicted molar refractivity (Wildman–Crippen MR) is 52.3 cm³/mol. The van der Waals surface area contributed by atoms with Gasteiger partial charge >= 0.3 is 0 Å². The maximum Gasteiger partial charge on any atom is 0.0671 e. The summed E-state index contributed by atoms with van der Waals surface area (Å²) in [4.78, 5) is 0. The molecule has 0 spiro atoms. The van der Waals surface area contributed by atoms with Crippen LogP contribution >= 0.6 is 11.8 Å². The van der Waals surface area contributed by atoms with Crippen molar-refractivity contribution in [3.63, 3.8) is 0 Å². The molecule has 0 aromatic carbocycles. The average Bonchev–Trinajstić information content (AvgIpc) is 1.99. The molecule has 1 atom stereocenters. The lowest BCUT2D eigenvalue weighted by Gasteiger charge is -2.11. The first-order valence-corrected chi connectivity index (χ1v) is 5.30. The largest absolute Gasteiger partial charge is 0.376 e. The lowest BCUT2D eigenvalue weighted by Crippen LogP contribution is -2.24. The van der Waals surface area contributed by atoms with Crippen LogP contribution in [-0.4, -0.2) is 37.8 Å². The summed E-state index contributed by atoms with van der Waals surface area (Å²) in [6.07, 6.45) is 0.345. The molecule has 1 N–H and O–H groups in total. The van der Waals surface area contributed by atoms with Crippen molar-refractivity contribution in [2.24, 2.45) is 0 Å². The van der Waals surface area contributed by atoms with Gasteiger partial charge in [0, 0.05) is 12.3 Å². The van der Waals surface area contributed by atoms with Crippen molar-refractivity contribution in [2.45, 2.75) is 20.0 Å². The number of hydrogen-bond donors (Lipinski definition) is 1. The van der Waals surface area contributed by atoms with Crippen molar-refractivity contribution in [2.75, 3.05) is 31.7 Å². The molecule has 0 rings (SSSR count). The normalized spacial score (nSPS) is 13.4. The highest BCUT2D eigenvalue weighted by atomic mass is 32.2. The molecule has 0 aliphatic rings. The molecule has 0 aromatic rings. The Balaban J connectivity index is 2.97. The minimum Gasteiger partial charge on any atom is -0.376 e. The first kappa shape index (κ1) is 11.3. The van der Waals surface area contributed by atoms with Gasteiger partial charge in [-0.05, 0) is 19.7 Å². The molecule has 0 aromatic heterocycles. The molecule has 3 heteroatoms. The van der Waals surface area contributed by atoms with Gasteiger partial charge in [-0.15, -0.1) is 0 Å². The van der Waals surface area contributed by atoms with Crippen LogP contribution in [0.2, 0.25) is 0 Å². The molecule has 0 aliphatic heterocycles. The van der Waals surface area contributed by atoms with Crippen molar-refractivity contribution < 1.29 is 4.74 Å². The minimum absolute atomic E-state index is 0.345. The minimum atomic E-state index is 0.345. The fourth-order valence-electron chi connectivity index (χ4n) is 0.799. The number of hydrogen-bond acceptors (Lipinski definition) is 3. The molecule has 0 aliphatic carbocycles. The number of nitrogens with one attached hydrogen (secondary N) is 1. The zero-order valence-corrected chi connectivity index (χ0v) is 8.54. The Hall–Kier alpha value is 0.270. The van der Waals surface area contributed by atoms with E-state index in [1.165, 1.54) is 5.75 Å². The van der Waals surface area contributed by atoms with Crippen LogP contribution in [-0.2, 0) is 4.74 Å². The summed E-state index contributed by atoms with van der Waals surface area (Å²) >= 11 is 1.92. The smallest absolute Gasteiger partial charge is 0.0671 e. The van der Waals surface area contributed by atoms with E-state index in [4.69, 9.17) is 4.74 Å². The standard InChI is InChI=1S/C8H19NOS/c1-4-11-6-5-10-8(2)7-9-3/h8-9H,4-7H2,1-3H3. The summed E-state index contributed by atoms with van der Waals surface area (Å²) in [5.74, 6) is 2.30. The van der Waals surface area contributed by atoms with E-state index >= 15 is 0 Å². The Kier molecular flexibility index (Phi) is 8.57. The summed E-state index contributed by atoms with van der Waals surface area (Å²) < 4.78 is 5.50. The lowest BCUT2D eigenvalue weighted by atomic mass is 10.4. The lowest BCUT2D eigenvalue weighted by molar-refractivity contribution is 0.0796. The van der Waals surface area contributed by atoms with E-state index in [2.05, 4.69) is 19.2 Å².